The van der Waals surface area contributed by atoms with Gasteiger partial charge in [0.25, 0.3) is 0 Å². The van der Waals surface area contributed by atoms with Crippen LogP contribution >= 0.6 is 15.9 Å². The zero-order valence-corrected chi connectivity index (χ0v) is 16.0. The molecule has 2 saturated heterocycles. The molecule has 7 heteroatoms. The molecule has 2 aliphatic rings. The van der Waals surface area contributed by atoms with Crippen LogP contribution in [0.25, 0.3) is 11.3 Å². The lowest BCUT2D eigenvalue weighted by atomic mass is 9.79. The van der Waals surface area contributed by atoms with E-state index >= 15 is 0 Å². The molecule has 26 heavy (non-hydrogen) atoms. The normalized spacial score (nSPS) is 18.7. The molecule has 0 bridgehead atoms. The molecule has 5 nitrogen and oxygen atoms in total. The van der Waals surface area contributed by atoms with Crippen LogP contribution in [-0.4, -0.2) is 42.5 Å². The molecular formula is C19H19BrFN3O2. The molecule has 1 aromatic carbocycles. The van der Waals surface area contributed by atoms with Crippen LogP contribution in [-0.2, 0) is 11.3 Å². The number of amides is 1. The highest BCUT2D eigenvalue weighted by atomic mass is 79.9. The van der Waals surface area contributed by atoms with Crippen molar-refractivity contribution in [2.24, 2.45) is 5.41 Å². The summed E-state index contributed by atoms with van der Waals surface area (Å²) in [7, 11) is 1.57. The van der Waals surface area contributed by atoms with Gasteiger partial charge in [0.2, 0.25) is 11.8 Å². The number of nitrogens with zero attached hydrogens (tertiary/aromatic N) is 2. The van der Waals surface area contributed by atoms with E-state index in [1.54, 1.807) is 25.3 Å². The first kappa shape index (κ1) is 17.4. The molecule has 2 fully saturated rings. The predicted octanol–water partition coefficient (Wildman–Crippen LogP) is 2.98. The van der Waals surface area contributed by atoms with E-state index in [4.69, 9.17) is 4.74 Å². The van der Waals surface area contributed by atoms with Crippen LogP contribution in [0.2, 0.25) is 0 Å². The van der Waals surface area contributed by atoms with Crippen molar-refractivity contribution in [2.75, 3.05) is 26.7 Å². The Morgan fingerprint density at radius 3 is 2.85 bits per heavy atom. The van der Waals surface area contributed by atoms with E-state index < -0.39 is 0 Å². The summed E-state index contributed by atoms with van der Waals surface area (Å²) in [6, 6.07) is 8.89. The number of ether oxygens (including phenoxy) is 1. The third kappa shape index (κ3) is 3.10. The lowest BCUT2D eigenvalue weighted by molar-refractivity contribution is -0.120. The Balaban J connectivity index is 1.51. The second kappa shape index (κ2) is 6.63. The zero-order chi connectivity index (χ0) is 18.3. The summed E-state index contributed by atoms with van der Waals surface area (Å²) in [5.74, 6) is 0.311. The summed E-state index contributed by atoms with van der Waals surface area (Å²) in [4.78, 5) is 18.2. The quantitative estimate of drug-likeness (QED) is 0.827. The summed E-state index contributed by atoms with van der Waals surface area (Å²) in [5, 5.41) is 2.91. The minimum Gasteiger partial charge on any atom is -0.481 e. The minimum atomic E-state index is -0.335. The number of halogens is 2. The van der Waals surface area contributed by atoms with Gasteiger partial charge in [-0.3, -0.25) is 9.69 Å². The number of hydrogen-bond donors (Lipinski definition) is 1. The predicted molar refractivity (Wildman–Crippen MR) is 99.2 cm³/mol. The van der Waals surface area contributed by atoms with Gasteiger partial charge in [-0.2, -0.15) is 0 Å². The molecule has 0 radical (unpaired) electrons. The molecule has 0 atom stereocenters. The Hall–Kier alpha value is -1.99. The summed E-state index contributed by atoms with van der Waals surface area (Å²) in [6.45, 7) is 3.24. The Morgan fingerprint density at radius 1 is 1.35 bits per heavy atom. The van der Waals surface area contributed by atoms with Gasteiger partial charge in [-0.1, -0.05) is 12.1 Å². The van der Waals surface area contributed by atoms with Gasteiger partial charge in [0.15, 0.2) is 0 Å². The maximum Gasteiger partial charge on any atom is 0.220 e. The topological polar surface area (TPSA) is 54.5 Å². The maximum absolute atomic E-state index is 14.3. The average molecular weight is 420 g/mol. The lowest BCUT2D eigenvalue weighted by Crippen LogP contribution is -2.56. The van der Waals surface area contributed by atoms with Gasteiger partial charge >= 0.3 is 0 Å². The van der Waals surface area contributed by atoms with Gasteiger partial charge in [-0.25, -0.2) is 9.37 Å². The highest BCUT2D eigenvalue weighted by molar-refractivity contribution is 9.10. The number of likely N-dealkylation sites (tertiary alicyclic amines) is 1. The van der Waals surface area contributed by atoms with Gasteiger partial charge in [0, 0.05) is 49.1 Å². The number of pyridine rings is 1. The van der Waals surface area contributed by atoms with Crippen LogP contribution in [0.3, 0.4) is 0 Å². The summed E-state index contributed by atoms with van der Waals surface area (Å²) in [5.41, 5.74) is 2.02. The molecule has 4 rings (SSSR count). The molecule has 0 aliphatic carbocycles. The highest BCUT2D eigenvalue weighted by Gasteiger charge is 2.47. The molecule has 2 aromatic rings. The first-order valence-electron chi connectivity index (χ1n) is 8.47. The van der Waals surface area contributed by atoms with Crippen LogP contribution in [0.15, 0.2) is 34.8 Å². The molecule has 1 N–H and O–H groups in total. The Bertz CT molecular complexity index is 868. The van der Waals surface area contributed by atoms with Crippen molar-refractivity contribution < 1.29 is 13.9 Å². The number of nitrogens with one attached hydrogen (secondary N) is 1. The molecule has 0 saturated carbocycles. The van der Waals surface area contributed by atoms with Crippen LogP contribution in [0.1, 0.15) is 12.0 Å². The molecular weight excluding hydrogens is 401 g/mol. The Labute approximate surface area is 159 Å². The fourth-order valence-corrected chi connectivity index (χ4v) is 4.21. The standard InChI is InChI=1S/C19H19BrFN3O2/c1-26-18-12(8-24-10-19(11-24)7-16(25)22-9-19)5-6-15(23-18)13-3-2-4-14(20)17(13)21/h2-6H,7-11H2,1H3,(H,22,25). The van der Waals surface area contributed by atoms with Crippen LogP contribution in [0.4, 0.5) is 4.39 Å². The fourth-order valence-electron chi connectivity index (χ4n) is 3.85. The monoisotopic (exact) mass is 419 g/mol. The van der Waals surface area contributed by atoms with Crippen molar-refractivity contribution in [3.05, 3.63) is 46.2 Å². The average Bonchev–Trinajstić information content (AvgIpc) is 2.99. The summed E-state index contributed by atoms with van der Waals surface area (Å²) < 4.78 is 20.2. The van der Waals surface area contributed by atoms with E-state index in [9.17, 15) is 9.18 Å². The van der Waals surface area contributed by atoms with E-state index in [1.165, 1.54) is 0 Å². The number of hydrogen-bond acceptors (Lipinski definition) is 4. The molecule has 136 valence electrons. The van der Waals surface area contributed by atoms with Gasteiger partial charge in [-0.05, 0) is 34.1 Å². The fraction of sp³-hybridized carbons (Fsp3) is 0.368. The molecule has 1 spiro atoms. The van der Waals surface area contributed by atoms with E-state index in [1.807, 2.05) is 12.1 Å². The largest absolute Gasteiger partial charge is 0.481 e. The van der Waals surface area contributed by atoms with Crippen LogP contribution in [0, 0.1) is 11.2 Å². The Morgan fingerprint density at radius 2 is 2.15 bits per heavy atom. The van der Waals surface area contributed by atoms with Crippen molar-refractivity contribution in [1.82, 2.24) is 15.2 Å². The van der Waals surface area contributed by atoms with Crippen molar-refractivity contribution in [3.8, 4) is 17.1 Å². The number of methoxy groups -OCH3 is 1. The molecule has 0 unspecified atom stereocenters. The molecule has 1 amide bonds. The van der Waals surface area contributed by atoms with E-state index in [2.05, 4.69) is 31.1 Å². The van der Waals surface area contributed by atoms with Gasteiger partial charge < -0.3 is 10.1 Å². The number of aromatic nitrogens is 1. The smallest absolute Gasteiger partial charge is 0.220 e. The third-order valence-electron chi connectivity index (χ3n) is 5.07. The van der Waals surface area contributed by atoms with Gasteiger partial charge in [-0.15, -0.1) is 0 Å². The van der Waals surface area contributed by atoms with Crippen LogP contribution in [0.5, 0.6) is 5.88 Å². The van der Waals surface area contributed by atoms with Crippen molar-refractivity contribution in [1.29, 1.82) is 0 Å². The van der Waals surface area contributed by atoms with Crippen molar-refractivity contribution in [2.45, 2.75) is 13.0 Å². The zero-order valence-electron chi connectivity index (χ0n) is 14.4. The second-order valence-electron chi connectivity index (χ2n) is 7.06. The Kier molecular flexibility index (Phi) is 4.44. The van der Waals surface area contributed by atoms with Gasteiger partial charge in [0.1, 0.15) is 5.82 Å². The number of rotatable bonds is 4. The number of carbonyl (C=O) groups is 1. The van der Waals surface area contributed by atoms with Crippen molar-refractivity contribution in [3.63, 3.8) is 0 Å². The van der Waals surface area contributed by atoms with E-state index in [-0.39, 0.29) is 17.1 Å². The first-order chi connectivity index (χ1) is 12.5. The SMILES string of the molecule is COc1nc(-c2cccc(Br)c2F)ccc1CN1CC2(CNC(=O)C2)C1. The molecule has 3 heterocycles. The van der Waals surface area contributed by atoms with E-state index in [0.29, 0.717) is 34.6 Å². The lowest BCUT2D eigenvalue weighted by Gasteiger charge is -2.47. The molecule has 2 aliphatic heterocycles. The van der Waals surface area contributed by atoms with Crippen molar-refractivity contribution >= 4 is 21.8 Å². The number of carbonyl (C=O) groups excluding carboxylic acids is 1. The summed E-state index contributed by atoms with van der Waals surface area (Å²) >= 11 is 3.21. The third-order valence-corrected chi connectivity index (χ3v) is 5.68. The molecule has 1 aromatic heterocycles. The maximum atomic E-state index is 14.3. The number of benzene rings is 1. The second-order valence-corrected chi connectivity index (χ2v) is 7.92. The summed E-state index contributed by atoms with van der Waals surface area (Å²) in [6.07, 6.45) is 0.611. The first-order valence-corrected chi connectivity index (χ1v) is 9.26. The highest BCUT2D eigenvalue weighted by Crippen LogP contribution is 2.38. The van der Waals surface area contributed by atoms with Gasteiger partial charge in [0.05, 0.1) is 17.3 Å². The minimum absolute atomic E-state index is 0.0944. The van der Waals surface area contributed by atoms with E-state index in [0.717, 1.165) is 25.2 Å². The van der Waals surface area contributed by atoms with Crippen LogP contribution < -0.4 is 10.1 Å².